The molecular formula is C22H19FN6O. The highest BCUT2D eigenvalue weighted by molar-refractivity contribution is 5.49. The molecule has 7 nitrogen and oxygen atoms in total. The number of nitrogens with zero attached hydrogens (tertiary/aromatic N) is 5. The van der Waals surface area contributed by atoms with Gasteiger partial charge in [0, 0.05) is 44.0 Å². The number of aromatic amines is 1. The Morgan fingerprint density at radius 1 is 1.13 bits per heavy atom. The maximum atomic E-state index is 13.1. The molecule has 0 saturated carbocycles. The van der Waals surface area contributed by atoms with Crippen molar-refractivity contribution in [3.05, 3.63) is 94.0 Å². The monoisotopic (exact) mass is 402 g/mol. The molecule has 0 saturated heterocycles. The highest BCUT2D eigenvalue weighted by Crippen LogP contribution is 2.19. The van der Waals surface area contributed by atoms with Gasteiger partial charge in [-0.2, -0.15) is 5.10 Å². The van der Waals surface area contributed by atoms with Crippen molar-refractivity contribution in [1.29, 1.82) is 0 Å². The summed E-state index contributed by atoms with van der Waals surface area (Å²) in [6.07, 6.45) is 6.11. The number of rotatable bonds is 4. The van der Waals surface area contributed by atoms with Gasteiger partial charge in [0.15, 0.2) is 5.82 Å². The second-order valence-corrected chi connectivity index (χ2v) is 7.28. The fourth-order valence-electron chi connectivity index (χ4n) is 3.68. The summed E-state index contributed by atoms with van der Waals surface area (Å²) in [5, 5.41) is 4.37. The summed E-state index contributed by atoms with van der Waals surface area (Å²) in [7, 11) is 0. The second kappa shape index (κ2) is 7.64. The second-order valence-electron chi connectivity index (χ2n) is 7.28. The van der Waals surface area contributed by atoms with Gasteiger partial charge in [-0.15, -0.1) is 0 Å². The number of nitrogens with one attached hydrogen (secondary N) is 1. The van der Waals surface area contributed by atoms with E-state index in [1.165, 1.54) is 12.1 Å². The lowest BCUT2D eigenvalue weighted by atomic mass is 10.1. The summed E-state index contributed by atoms with van der Waals surface area (Å²) in [4.78, 5) is 26.7. The Balaban J connectivity index is 1.33. The van der Waals surface area contributed by atoms with Crippen LogP contribution in [0.1, 0.15) is 16.8 Å². The number of benzene rings is 1. The lowest BCUT2D eigenvalue weighted by Gasteiger charge is -2.27. The number of pyridine rings is 1. The molecule has 1 aromatic carbocycles. The van der Waals surface area contributed by atoms with E-state index < -0.39 is 0 Å². The zero-order valence-corrected chi connectivity index (χ0v) is 16.1. The van der Waals surface area contributed by atoms with Crippen LogP contribution in [-0.2, 0) is 19.5 Å². The van der Waals surface area contributed by atoms with Gasteiger partial charge in [-0.1, -0.05) is 6.07 Å². The van der Waals surface area contributed by atoms with Crippen molar-refractivity contribution in [2.45, 2.75) is 19.5 Å². The normalized spacial score (nSPS) is 13.9. The summed E-state index contributed by atoms with van der Waals surface area (Å²) in [5.74, 6) is 0.233. The summed E-state index contributed by atoms with van der Waals surface area (Å²) in [6, 6.07) is 11.7. The van der Waals surface area contributed by atoms with Crippen LogP contribution in [0.25, 0.3) is 17.2 Å². The molecule has 0 amide bonds. The number of hydrogen-bond acceptors (Lipinski definition) is 5. The van der Waals surface area contributed by atoms with Gasteiger partial charge in [-0.3, -0.25) is 14.7 Å². The van der Waals surface area contributed by atoms with E-state index in [9.17, 15) is 9.18 Å². The first kappa shape index (κ1) is 18.4. The molecule has 0 atom stereocenters. The summed E-state index contributed by atoms with van der Waals surface area (Å²) >= 11 is 0. The molecular weight excluding hydrogens is 383 g/mol. The number of H-pyrrole nitrogens is 1. The van der Waals surface area contributed by atoms with Gasteiger partial charge in [0.05, 0.1) is 23.1 Å². The van der Waals surface area contributed by atoms with E-state index in [2.05, 4.69) is 25.0 Å². The average molecular weight is 402 g/mol. The average Bonchev–Trinajstić information content (AvgIpc) is 3.23. The highest BCUT2D eigenvalue weighted by Gasteiger charge is 2.22. The lowest BCUT2D eigenvalue weighted by Crippen LogP contribution is -2.35. The van der Waals surface area contributed by atoms with Gasteiger partial charge >= 0.3 is 0 Å². The van der Waals surface area contributed by atoms with Gasteiger partial charge in [-0.25, -0.2) is 14.1 Å². The molecule has 4 heterocycles. The van der Waals surface area contributed by atoms with E-state index >= 15 is 0 Å². The van der Waals surface area contributed by atoms with Crippen LogP contribution < -0.4 is 5.56 Å². The van der Waals surface area contributed by atoms with Crippen molar-refractivity contribution < 1.29 is 4.39 Å². The number of hydrogen-bond donors (Lipinski definition) is 1. The Morgan fingerprint density at radius 3 is 2.80 bits per heavy atom. The molecule has 3 aromatic heterocycles. The minimum atomic E-state index is -0.275. The van der Waals surface area contributed by atoms with Gasteiger partial charge in [0.2, 0.25) is 0 Å². The van der Waals surface area contributed by atoms with Gasteiger partial charge in [-0.05, 0) is 36.4 Å². The lowest BCUT2D eigenvalue weighted by molar-refractivity contribution is 0.242. The van der Waals surface area contributed by atoms with Crippen molar-refractivity contribution in [3.8, 4) is 17.2 Å². The molecule has 0 fully saturated rings. The fourth-order valence-corrected chi connectivity index (χ4v) is 3.68. The van der Waals surface area contributed by atoms with Gasteiger partial charge in [0.25, 0.3) is 5.56 Å². The van der Waals surface area contributed by atoms with Crippen molar-refractivity contribution in [1.82, 2.24) is 29.6 Å². The third-order valence-electron chi connectivity index (χ3n) is 5.19. The van der Waals surface area contributed by atoms with Crippen LogP contribution in [0.2, 0.25) is 0 Å². The van der Waals surface area contributed by atoms with E-state index in [4.69, 9.17) is 0 Å². The zero-order valence-electron chi connectivity index (χ0n) is 16.1. The van der Waals surface area contributed by atoms with Gasteiger partial charge in [0.1, 0.15) is 11.5 Å². The van der Waals surface area contributed by atoms with Crippen molar-refractivity contribution >= 4 is 0 Å². The third-order valence-corrected chi connectivity index (χ3v) is 5.19. The molecule has 1 N–H and O–H groups in total. The molecule has 0 unspecified atom stereocenters. The number of halogens is 1. The van der Waals surface area contributed by atoms with Crippen LogP contribution in [-0.4, -0.2) is 36.2 Å². The van der Waals surface area contributed by atoms with Crippen LogP contribution in [0.3, 0.4) is 0 Å². The molecule has 1 aliphatic rings. The predicted molar refractivity (Wildman–Crippen MR) is 109 cm³/mol. The Hall–Kier alpha value is -3.65. The topological polar surface area (TPSA) is 79.7 Å². The molecule has 30 heavy (non-hydrogen) atoms. The Kier molecular flexibility index (Phi) is 4.68. The SMILES string of the molecule is O=c1[nH]c(-c2ccccn2)nc2c1CN(Cc1cnn(-c3ccc(F)cc3)c1)CC2. The van der Waals surface area contributed by atoms with E-state index in [1.807, 2.05) is 24.4 Å². The Morgan fingerprint density at radius 2 is 2.00 bits per heavy atom. The standard InChI is InChI=1S/C22H19FN6O/c23-16-4-6-17(7-5-16)29-13-15(11-25-29)12-28-10-8-19-18(14-28)22(30)27-21(26-19)20-3-1-2-9-24-20/h1-7,9,11,13H,8,10,12,14H2,(H,26,27,30). The summed E-state index contributed by atoms with van der Waals surface area (Å²) in [5.41, 5.74) is 3.90. The molecule has 0 spiro atoms. The largest absolute Gasteiger partial charge is 0.305 e. The molecule has 8 heteroatoms. The van der Waals surface area contributed by atoms with Crippen molar-refractivity contribution in [2.24, 2.45) is 0 Å². The van der Waals surface area contributed by atoms with Crippen LogP contribution >= 0.6 is 0 Å². The molecule has 0 bridgehead atoms. The number of aromatic nitrogens is 5. The molecule has 1 aliphatic heterocycles. The fraction of sp³-hybridized carbons (Fsp3) is 0.182. The van der Waals surface area contributed by atoms with Crippen molar-refractivity contribution in [3.63, 3.8) is 0 Å². The smallest absolute Gasteiger partial charge is 0.255 e. The molecule has 0 radical (unpaired) electrons. The first-order valence-electron chi connectivity index (χ1n) is 9.71. The summed E-state index contributed by atoms with van der Waals surface area (Å²) < 4.78 is 14.8. The molecule has 0 aliphatic carbocycles. The first-order chi connectivity index (χ1) is 14.7. The maximum absolute atomic E-state index is 13.1. The summed E-state index contributed by atoms with van der Waals surface area (Å²) in [6.45, 7) is 2.00. The van der Waals surface area contributed by atoms with Crippen LogP contribution in [0.4, 0.5) is 4.39 Å². The Labute approximate surface area is 171 Å². The van der Waals surface area contributed by atoms with E-state index in [0.29, 0.717) is 36.6 Å². The molecule has 150 valence electrons. The van der Waals surface area contributed by atoms with E-state index in [1.54, 1.807) is 29.2 Å². The quantitative estimate of drug-likeness (QED) is 0.568. The zero-order chi connectivity index (χ0) is 20.5. The van der Waals surface area contributed by atoms with Crippen LogP contribution in [0.15, 0.2) is 65.8 Å². The minimum Gasteiger partial charge on any atom is -0.305 e. The van der Waals surface area contributed by atoms with Crippen molar-refractivity contribution in [2.75, 3.05) is 6.54 Å². The third kappa shape index (κ3) is 3.65. The maximum Gasteiger partial charge on any atom is 0.255 e. The first-order valence-corrected chi connectivity index (χ1v) is 9.71. The minimum absolute atomic E-state index is 0.118. The van der Waals surface area contributed by atoms with Gasteiger partial charge < -0.3 is 4.98 Å². The van der Waals surface area contributed by atoms with E-state index in [0.717, 1.165) is 23.5 Å². The highest BCUT2D eigenvalue weighted by atomic mass is 19.1. The predicted octanol–water partition coefficient (Wildman–Crippen LogP) is 2.72. The number of fused-ring (bicyclic) bond motifs is 1. The van der Waals surface area contributed by atoms with Crippen LogP contribution in [0.5, 0.6) is 0 Å². The van der Waals surface area contributed by atoms with E-state index in [-0.39, 0.29) is 11.4 Å². The van der Waals surface area contributed by atoms with Crippen LogP contribution in [0, 0.1) is 5.82 Å². The Bertz CT molecular complexity index is 1230. The molecule has 4 aromatic rings. The molecule has 5 rings (SSSR count).